The molecule has 6 nitrogen and oxygen atoms in total. The smallest absolute Gasteiger partial charge is 0.328 e. The number of benzene rings is 2. The average Bonchev–Trinajstić information content (AvgIpc) is 2.61. The molecule has 24 heavy (non-hydrogen) atoms. The van der Waals surface area contributed by atoms with Crippen LogP contribution >= 0.6 is 0 Å². The summed E-state index contributed by atoms with van der Waals surface area (Å²) in [7, 11) is 3.01. The maximum atomic E-state index is 12.7. The highest BCUT2D eigenvalue weighted by atomic mass is 16.5. The van der Waals surface area contributed by atoms with Crippen LogP contribution < -0.4 is 20.7 Å². The van der Waals surface area contributed by atoms with Crippen LogP contribution in [0.5, 0.6) is 11.5 Å². The summed E-state index contributed by atoms with van der Waals surface area (Å²) in [5, 5.41) is 0.389. The summed E-state index contributed by atoms with van der Waals surface area (Å²) in [6.45, 7) is 0.308. The number of aromatic amines is 1. The zero-order chi connectivity index (χ0) is 17.1. The van der Waals surface area contributed by atoms with E-state index in [0.29, 0.717) is 35.4 Å². The molecule has 2 aromatic carbocycles. The highest BCUT2D eigenvalue weighted by Gasteiger charge is 2.12. The second-order valence-electron chi connectivity index (χ2n) is 5.38. The molecule has 0 atom stereocenters. The van der Waals surface area contributed by atoms with Gasteiger partial charge in [-0.1, -0.05) is 30.3 Å². The van der Waals surface area contributed by atoms with Gasteiger partial charge in [0.1, 0.15) is 0 Å². The predicted octanol–water partition coefficient (Wildman–Crippen LogP) is 1.95. The summed E-state index contributed by atoms with van der Waals surface area (Å²) in [5.74, 6) is 0.908. The van der Waals surface area contributed by atoms with Gasteiger partial charge in [-0.15, -0.1) is 0 Å². The van der Waals surface area contributed by atoms with Crippen LogP contribution in [-0.2, 0) is 13.0 Å². The van der Waals surface area contributed by atoms with E-state index >= 15 is 0 Å². The van der Waals surface area contributed by atoms with E-state index < -0.39 is 5.69 Å². The second-order valence-corrected chi connectivity index (χ2v) is 5.38. The van der Waals surface area contributed by atoms with Crippen LogP contribution in [-0.4, -0.2) is 23.8 Å². The molecular formula is C18H18N2O4. The van der Waals surface area contributed by atoms with Gasteiger partial charge in [-0.05, 0) is 18.1 Å². The minimum Gasteiger partial charge on any atom is -0.493 e. The first-order valence-electron chi connectivity index (χ1n) is 7.57. The molecule has 0 bridgehead atoms. The lowest BCUT2D eigenvalue weighted by Crippen LogP contribution is -2.35. The predicted molar refractivity (Wildman–Crippen MR) is 92.1 cm³/mol. The standard InChI is InChI=1S/C18H18N2O4/c1-23-15-10-13-14(11-16(15)24-2)19-18(22)20(17(13)21)9-8-12-6-4-3-5-7-12/h3-7,10-11H,8-9H2,1-2H3,(H,19,22). The Kier molecular flexibility index (Phi) is 4.37. The number of nitrogens with zero attached hydrogens (tertiary/aromatic N) is 1. The van der Waals surface area contributed by atoms with E-state index in [1.807, 2.05) is 30.3 Å². The van der Waals surface area contributed by atoms with Gasteiger partial charge in [-0.2, -0.15) is 0 Å². The molecule has 3 rings (SSSR count). The maximum absolute atomic E-state index is 12.7. The van der Waals surface area contributed by atoms with E-state index in [9.17, 15) is 9.59 Å². The van der Waals surface area contributed by atoms with Crippen molar-refractivity contribution in [3.05, 3.63) is 68.9 Å². The molecule has 1 aromatic heterocycles. The SMILES string of the molecule is COc1cc2[nH]c(=O)n(CCc3ccccc3)c(=O)c2cc1OC. The topological polar surface area (TPSA) is 73.3 Å². The van der Waals surface area contributed by atoms with Gasteiger partial charge in [-0.3, -0.25) is 9.36 Å². The Labute approximate surface area is 138 Å². The molecular weight excluding hydrogens is 308 g/mol. The third kappa shape index (κ3) is 2.90. The van der Waals surface area contributed by atoms with Crippen molar-refractivity contribution in [1.29, 1.82) is 0 Å². The third-order valence-electron chi connectivity index (χ3n) is 3.95. The van der Waals surface area contributed by atoms with Crippen LogP contribution in [0.4, 0.5) is 0 Å². The highest BCUT2D eigenvalue weighted by molar-refractivity contribution is 5.81. The van der Waals surface area contributed by atoms with Gasteiger partial charge in [0.25, 0.3) is 5.56 Å². The average molecular weight is 326 g/mol. The third-order valence-corrected chi connectivity index (χ3v) is 3.95. The van der Waals surface area contributed by atoms with Gasteiger partial charge < -0.3 is 14.5 Å². The number of H-pyrrole nitrogens is 1. The maximum Gasteiger partial charge on any atom is 0.328 e. The van der Waals surface area contributed by atoms with Crippen molar-refractivity contribution in [2.75, 3.05) is 14.2 Å². The molecule has 0 fully saturated rings. The number of fused-ring (bicyclic) bond motifs is 1. The monoisotopic (exact) mass is 326 g/mol. The Morgan fingerprint density at radius 1 is 1.00 bits per heavy atom. The first kappa shape index (κ1) is 15.9. The van der Waals surface area contributed by atoms with Gasteiger partial charge in [0.15, 0.2) is 11.5 Å². The van der Waals surface area contributed by atoms with Crippen LogP contribution in [0.2, 0.25) is 0 Å². The number of methoxy groups -OCH3 is 2. The van der Waals surface area contributed by atoms with E-state index in [0.717, 1.165) is 5.56 Å². The van der Waals surface area contributed by atoms with Crippen molar-refractivity contribution in [2.24, 2.45) is 0 Å². The number of hydrogen-bond donors (Lipinski definition) is 1. The number of aryl methyl sites for hydroxylation is 1. The molecule has 3 aromatic rings. The molecule has 0 aliphatic rings. The Bertz CT molecular complexity index is 974. The molecule has 1 N–H and O–H groups in total. The van der Waals surface area contributed by atoms with Crippen LogP contribution in [0.25, 0.3) is 10.9 Å². The summed E-state index contributed by atoms with van der Waals surface area (Å²) in [4.78, 5) is 27.7. The summed E-state index contributed by atoms with van der Waals surface area (Å²) >= 11 is 0. The van der Waals surface area contributed by atoms with E-state index in [4.69, 9.17) is 9.47 Å². The Morgan fingerprint density at radius 2 is 1.67 bits per heavy atom. The number of nitrogens with one attached hydrogen (secondary N) is 1. The minimum atomic E-state index is -0.435. The lowest BCUT2D eigenvalue weighted by Gasteiger charge is -2.10. The number of aromatic nitrogens is 2. The van der Waals surface area contributed by atoms with Crippen LogP contribution in [0.3, 0.4) is 0 Å². The van der Waals surface area contributed by atoms with Crippen LogP contribution in [0.15, 0.2) is 52.1 Å². The van der Waals surface area contributed by atoms with Crippen molar-refractivity contribution in [1.82, 2.24) is 9.55 Å². The van der Waals surface area contributed by atoms with Gasteiger partial charge >= 0.3 is 5.69 Å². The van der Waals surface area contributed by atoms with Gasteiger partial charge in [0.2, 0.25) is 0 Å². The van der Waals surface area contributed by atoms with Gasteiger partial charge in [0, 0.05) is 12.6 Å². The molecule has 0 saturated heterocycles. The van der Waals surface area contributed by atoms with Crippen molar-refractivity contribution in [2.45, 2.75) is 13.0 Å². The van der Waals surface area contributed by atoms with Crippen molar-refractivity contribution < 1.29 is 9.47 Å². The van der Waals surface area contributed by atoms with Crippen LogP contribution in [0.1, 0.15) is 5.56 Å². The molecule has 124 valence electrons. The fourth-order valence-electron chi connectivity index (χ4n) is 2.67. The fourth-order valence-corrected chi connectivity index (χ4v) is 2.67. The summed E-state index contributed by atoms with van der Waals surface area (Å²) < 4.78 is 11.6. The first-order valence-corrected chi connectivity index (χ1v) is 7.57. The zero-order valence-corrected chi connectivity index (χ0v) is 13.5. The second kappa shape index (κ2) is 6.62. The summed E-state index contributed by atoms with van der Waals surface area (Å²) in [5.41, 5.74) is 0.719. The number of rotatable bonds is 5. The van der Waals surface area contributed by atoms with E-state index in [2.05, 4.69) is 4.98 Å². The molecule has 0 spiro atoms. The van der Waals surface area contributed by atoms with E-state index in [1.165, 1.54) is 18.8 Å². The van der Waals surface area contributed by atoms with E-state index in [-0.39, 0.29) is 5.56 Å². The summed E-state index contributed by atoms with van der Waals surface area (Å²) in [6, 6.07) is 12.9. The molecule has 0 radical (unpaired) electrons. The molecule has 0 aliphatic heterocycles. The number of hydrogen-bond acceptors (Lipinski definition) is 4. The van der Waals surface area contributed by atoms with Gasteiger partial charge in [-0.25, -0.2) is 4.79 Å². The lowest BCUT2D eigenvalue weighted by molar-refractivity contribution is 0.355. The normalized spacial score (nSPS) is 10.8. The Balaban J connectivity index is 2.06. The van der Waals surface area contributed by atoms with Gasteiger partial charge in [0.05, 0.1) is 25.1 Å². The molecule has 0 amide bonds. The van der Waals surface area contributed by atoms with Crippen molar-refractivity contribution >= 4 is 10.9 Å². The van der Waals surface area contributed by atoms with Crippen molar-refractivity contribution in [3.63, 3.8) is 0 Å². The zero-order valence-electron chi connectivity index (χ0n) is 13.5. The molecule has 0 saturated carbocycles. The molecule has 0 aliphatic carbocycles. The quantitative estimate of drug-likeness (QED) is 0.778. The highest BCUT2D eigenvalue weighted by Crippen LogP contribution is 2.29. The Hall–Kier alpha value is -3.02. The Morgan fingerprint density at radius 3 is 2.33 bits per heavy atom. The van der Waals surface area contributed by atoms with E-state index in [1.54, 1.807) is 12.1 Å². The van der Waals surface area contributed by atoms with Crippen molar-refractivity contribution in [3.8, 4) is 11.5 Å². The lowest BCUT2D eigenvalue weighted by atomic mass is 10.1. The van der Waals surface area contributed by atoms with Crippen LogP contribution in [0, 0.1) is 0 Å². The largest absolute Gasteiger partial charge is 0.493 e. The fraction of sp³-hybridized carbons (Fsp3) is 0.222. The molecule has 0 unspecified atom stereocenters. The first-order chi connectivity index (χ1) is 11.6. The molecule has 6 heteroatoms. The molecule has 1 heterocycles. The minimum absolute atomic E-state index is 0.308. The summed E-state index contributed by atoms with van der Waals surface area (Å²) in [6.07, 6.45) is 0.600. The number of ether oxygens (including phenoxy) is 2.